The molecule has 0 aliphatic rings. The molecule has 0 spiro atoms. The summed E-state index contributed by atoms with van der Waals surface area (Å²) in [6, 6.07) is 16.4. The minimum atomic E-state index is 0.839. The molecule has 0 saturated carbocycles. The molecular weight excluding hydrogens is 298 g/mol. The molecule has 0 N–H and O–H groups in total. The summed E-state index contributed by atoms with van der Waals surface area (Å²) in [7, 11) is 1.70. The number of hydrogen-bond donors (Lipinski definition) is 0. The molecule has 0 atom stereocenters. The Kier molecular flexibility index (Phi) is 4.94. The SMILES string of the molecule is CCCCc1nnn(-c2cccc(C)c2)c1-c1ccccc1OC. The van der Waals surface area contributed by atoms with Crippen molar-refractivity contribution in [2.45, 2.75) is 33.1 Å². The van der Waals surface area contributed by atoms with Gasteiger partial charge in [0.25, 0.3) is 0 Å². The van der Waals surface area contributed by atoms with Crippen LogP contribution in [-0.4, -0.2) is 22.1 Å². The van der Waals surface area contributed by atoms with Gasteiger partial charge in [-0.1, -0.05) is 42.8 Å². The summed E-state index contributed by atoms with van der Waals surface area (Å²) in [5.74, 6) is 0.839. The summed E-state index contributed by atoms with van der Waals surface area (Å²) in [5, 5.41) is 8.91. The van der Waals surface area contributed by atoms with Gasteiger partial charge in [0.1, 0.15) is 11.4 Å². The van der Waals surface area contributed by atoms with Gasteiger partial charge in [-0.25, -0.2) is 4.68 Å². The van der Waals surface area contributed by atoms with Crippen molar-refractivity contribution in [1.82, 2.24) is 15.0 Å². The van der Waals surface area contributed by atoms with Crippen molar-refractivity contribution in [3.05, 3.63) is 59.8 Å². The number of unbranched alkanes of at least 4 members (excludes halogenated alkanes) is 1. The molecule has 0 saturated heterocycles. The van der Waals surface area contributed by atoms with Crippen molar-refractivity contribution in [3.63, 3.8) is 0 Å². The Morgan fingerprint density at radius 1 is 1.08 bits per heavy atom. The molecule has 2 aromatic carbocycles. The molecule has 0 aliphatic carbocycles. The molecule has 1 heterocycles. The van der Waals surface area contributed by atoms with E-state index in [9.17, 15) is 0 Å². The average molecular weight is 321 g/mol. The minimum absolute atomic E-state index is 0.839. The van der Waals surface area contributed by atoms with Crippen LogP contribution in [0.4, 0.5) is 0 Å². The first-order valence-electron chi connectivity index (χ1n) is 8.39. The Hall–Kier alpha value is -2.62. The van der Waals surface area contributed by atoms with Crippen LogP contribution in [0, 0.1) is 6.92 Å². The fraction of sp³-hybridized carbons (Fsp3) is 0.300. The fourth-order valence-electron chi connectivity index (χ4n) is 2.88. The lowest BCUT2D eigenvalue weighted by atomic mass is 10.0. The summed E-state index contributed by atoms with van der Waals surface area (Å²) in [4.78, 5) is 0. The number of nitrogens with zero attached hydrogens (tertiary/aromatic N) is 3. The van der Waals surface area contributed by atoms with E-state index in [1.54, 1.807) is 7.11 Å². The van der Waals surface area contributed by atoms with Crippen LogP contribution in [0.1, 0.15) is 31.0 Å². The summed E-state index contributed by atoms with van der Waals surface area (Å²) < 4.78 is 7.50. The first-order chi connectivity index (χ1) is 11.7. The third-order valence-corrected chi connectivity index (χ3v) is 4.12. The molecule has 0 radical (unpaired) electrons. The molecular formula is C20H23N3O. The first kappa shape index (κ1) is 16.2. The lowest BCUT2D eigenvalue weighted by Gasteiger charge is -2.12. The predicted molar refractivity (Wildman–Crippen MR) is 96.7 cm³/mol. The van der Waals surface area contributed by atoms with E-state index in [2.05, 4.69) is 48.4 Å². The second-order valence-electron chi connectivity index (χ2n) is 5.94. The van der Waals surface area contributed by atoms with Crippen molar-refractivity contribution in [2.75, 3.05) is 7.11 Å². The van der Waals surface area contributed by atoms with Gasteiger partial charge in [0.15, 0.2) is 0 Å². The highest BCUT2D eigenvalue weighted by Gasteiger charge is 2.19. The van der Waals surface area contributed by atoms with E-state index in [0.29, 0.717) is 0 Å². The van der Waals surface area contributed by atoms with E-state index < -0.39 is 0 Å². The zero-order valence-corrected chi connectivity index (χ0v) is 14.5. The van der Waals surface area contributed by atoms with Crippen LogP contribution < -0.4 is 4.74 Å². The number of benzene rings is 2. The van der Waals surface area contributed by atoms with Crippen LogP contribution in [-0.2, 0) is 6.42 Å². The number of hydrogen-bond acceptors (Lipinski definition) is 3. The summed E-state index contributed by atoms with van der Waals surface area (Å²) in [6.45, 7) is 4.27. The van der Waals surface area contributed by atoms with Crippen LogP contribution >= 0.6 is 0 Å². The lowest BCUT2D eigenvalue weighted by molar-refractivity contribution is 0.416. The van der Waals surface area contributed by atoms with Gasteiger partial charge in [-0.3, -0.25) is 0 Å². The first-order valence-corrected chi connectivity index (χ1v) is 8.39. The maximum Gasteiger partial charge on any atom is 0.128 e. The van der Waals surface area contributed by atoms with Crippen molar-refractivity contribution in [1.29, 1.82) is 0 Å². The standard InChI is InChI=1S/C20H23N3O/c1-4-5-12-18-20(17-11-6-7-13-19(17)24-3)23(22-21-18)16-10-8-9-15(2)14-16/h6-11,13-14H,4-5,12H2,1-3H3. The molecule has 3 rings (SSSR count). The molecule has 0 unspecified atom stereocenters. The van der Waals surface area contributed by atoms with Gasteiger partial charge in [-0.2, -0.15) is 0 Å². The number of para-hydroxylation sites is 1. The second kappa shape index (κ2) is 7.30. The third kappa shape index (κ3) is 3.18. The molecule has 0 amide bonds. The van der Waals surface area contributed by atoms with Crippen LogP contribution in [0.2, 0.25) is 0 Å². The molecule has 3 aromatic rings. The lowest BCUT2D eigenvalue weighted by Crippen LogP contribution is -2.02. The highest BCUT2D eigenvalue weighted by atomic mass is 16.5. The number of aromatic nitrogens is 3. The Morgan fingerprint density at radius 3 is 2.67 bits per heavy atom. The van der Waals surface area contributed by atoms with Gasteiger partial charge >= 0.3 is 0 Å². The Morgan fingerprint density at radius 2 is 1.92 bits per heavy atom. The highest BCUT2D eigenvalue weighted by molar-refractivity contribution is 5.71. The fourth-order valence-corrected chi connectivity index (χ4v) is 2.88. The number of ether oxygens (including phenoxy) is 1. The minimum Gasteiger partial charge on any atom is -0.496 e. The monoisotopic (exact) mass is 321 g/mol. The normalized spacial score (nSPS) is 10.8. The maximum atomic E-state index is 5.57. The molecule has 0 aliphatic heterocycles. The molecule has 4 heteroatoms. The zero-order chi connectivity index (χ0) is 16.9. The summed E-state index contributed by atoms with van der Waals surface area (Å²) in [5.41, 5.74) is 5.28. The second-order valence-corrected chi connectivity index (χ2v) is 5.94. The zero-order valence-electron chi connectivity index (χ0n) is 14.5. The number of rotatable bonds is 6. The van der Waals surface area contributed by atoms with Gasteiger partial charge in [-0.05, 0) is 49.6 Å². The van der Waals surface area contributed by atoms with Gasteiger partial charge in [0.05, 0.1) is 18.5 Å². The van der Waals surface area contributed by atoms with E-state index in [0.717, 1.165) is 47.7 Å². The average Bonchev–Trinajstić information content (AvgIpc) is 3.03. The van der Waals surface area contributed by atoms with Gasteiger partial charge < -0.3 is 4.74 Å². The molecule has 4 nitrogen and oxygen atoms in total. The van der Waals surface area contributed by atoms with Crippen molar-refractivity contribution >= 4 is 0 Å². The molecule has 24 heavy (non-hydrogen) atoms. The van der Waals surface area contributed by atoms with Crippen LogP contribution in [0.15, 0.2) is 48.5 Å². The van der Waals surface area contributed by atoms with E-state index in [-0.39, 0.29) is 0 Å². The Balaban J connectivity index is 2.19. The largest absolute Gasteiger partial charge is 0.496 e. The van der Waals surface area contributed by atoms with Crippen molar-refractivity contribution in [3.8, 4) is 22.7 Å². The van der Waals surface area contributed by atoms with E-state index >= 15 is 0 Å². The van der Waals surface area contributed by atoms with Crippen LogP contribution in [0.3, 0.4) is 0 Å². The van der Waals surface area contributed by atoms with Crippen LogP contribution in [0.25, 0.3) is 16.9 Å². The molecule has 1 aromatic heterocycles. The highest BCUT2D eigenvalue weighted by Crippen LogP contribution is 2.33. The smallest absolute Gasteiger partial charge is 0.128 e. The Labute approximate surface area is 143 Å². The Bertz CT molecular complexity index is 823. The number of methoxy groups -OCH3 is 1. The number of aryl methyl sites for hydroxylation is 2. The topological polar surface area (TPSA) is 39.9 Å². The summed E-state index contributed by atoms with van der Waals surface area (Å²) in [6.07, 6.45) is 3.13. The van der Waals surface area contributed by atoms with E-state index in [4.69, 9.17) is 4.74 Å². The molecule has 124 valence electrons. The van der Waals surface area contributed by atoms with E-state index in [1.165, 1.54) is 5.56 Å². The van der Waals surface area contributed by atoms with Gasteiger partial charge in [0, 0.05) is 5.56 Å². The molecule has 0 fully saturated rings. The van der Waals surface area contributed by atoms with Gasteiger partial charge in [-0.15, -0.1) is 5.10 Å². The third-order valence-electron chi connectivity index (χ3n) is 4.12. The van der Waals surface area contributed by atoms with E-state index in [1.807, 2.05) is 28.9 Å². The molecule has 0 bridgehead atoms. The summed E-state index contributed by atoms with van der Waals surface area (Å²) >= 11 is 0. The van der Waals surface area contributed by atoms with Crippen LogP contribution in [0.5, 0.6) is 5.75 Å². The maximum absolute atomic E-state index is 5.57. The van der Waals surface area contributed by atoms with Gasteiger partial charge in [0.2, 0.25) is 0 Å². The van der Waals surface area contributed by atoms with Crippen molar-refractivity contribution < 1.29 is 4.74 Å². The van der Waals surface area contributed by atoms with Crippen molar-refractivity contribution in [2.24, 2.45) is 0 Å². The quantitative estimate of drug-likeness (QED) is 0.666. The predicted octanol–water partition coefficient (Wildman–Crippen LogP) is 4.59.